The van der Waals surface area contributed by atoms with Crippen LogP contribution in [-0.4, -0.2) is 19.1 Å². The van der Waals surface area contributed by atoms with Crippen molar-refractivity contribution in [3.63, 3.8) is 0 Å². The molecule has 1 saturated heterocycles. The van der Waals surface area contributed by atoms with E-state index in [4.69, 9.17) is 16.3 Å². The topological polar surface area (TPSA) is 9.23 Å². The predicted molar refractivity (Wildman–Crippen MR) is 59.7 cm³/mol. The number of fused-ring (bicyclic) bond motifs is 2. The summed E-state index contributed by atoms with van der Waals surface area (Å²) >= 11 is 6.12. The minimum atomic E-state index is 0.326. The van der Waals surface area contributed by atoms with Crippen LogP contribution in [-0.2, 0) is 4.74 Å². The van der Waals surface area contributed by atoms with Crippen LogP contribution in [0, 0.1) is 16.2 Å². The van der Waals surface area contributed by atoms with Gasteiger partial charge in [-0.05, 0) is 35.5 Å². The van der Waals surface area contributed by atoms with Gasteiger partial charge in [-0.2, -0.15) is 0 Å². The molecular formula is C12H21ClO. The van der Waals surface area contributed by atoms with E-state index in [1.807, 2.05) is 0 Å². The lowest BCUT2D eigenvalue weighted by Crippen LogP contribution is -2.51. The molecule has 1 aliphatic heterocycles. The Morgan fingerprint density at radius 3 is 1.93 bits per heavy atom. The van der Waals surface area contributed by atoms with Crippen LogP contribution >= 0.6 is 11.6 Å². The van der Waals surface area contributed by atoms with Gasteiger partial charge in [0, 0.05) is 5.88 Å². The fraction of sp³-hybridized carbons (Fsp3) is 1.00. The van der Waals surface area contributed by atoms with Crippen LogP contribution < -0.4 is 0 Å². The van der Waals surface area contributed by atoms with Crippen molar-refractivity contribution in [1.82, 2.24) is 0 Å². The SMILES string of the molecule is CC1(CCl)C[C@]2(C)COC[C@](C)(C1)C2. The van der Waals surface area contributed by atoms with E-state index >= 15 is 0 Å². The minimum Gasteiger partial charge on any atom is -0.380 e. The molecular weight excluding hydrogens is 196 g/mol. The maximum Gasteiger partial charge on any atom is 0.0520 e. The van der Waals surface area contributed by atoms with Crippen molar-refractivity contribution < 1.29 is 4.74 Å². The summed E-state index contributed by atoms with van der Waals surface area (Å²) in [6, 6.07) is 0. The van der Waals surface area contributed by atoms with E-state index in [-0.39, 0.29) is 0 Å². The van der Waals surface area contributed by atoms with Gasteiger partial charge in [-0.15, -0.1) is 11.6 Å². The molecule has 82 valence electrons. The zero-order chi connectivity index (χ0) is 10.4. The van der Waals surface area contributed by atoms with Gasteiger partial charge in [0.1, 0.15) is 0 Å². The summed E-state index contributed by atoms with van der Waals surface area (Å²) in [6.07, 6.45) is 3.75. The summed E-state index contributed by atoms with van der Waals surface area (Å²) in [7, 11) is 0. The van der Waals surface area contributed by atoms with Crippen molar-refractivity contribution >= 4 is 11.6 Å². The van der Waals surface area contributed by atoms with Crippen molar-refractivity contribution in [2.75, 3.05) is 19.1 Å². The van der Waals surface area contributed by atoms with Crippen LogP contribution in [0.25, 0.3) is 0 Å². The Balaban J connectivity index is 2.25. The summed E-state index contributed by atoms with van der Waals surface area (Å²) < 4.78 is 5.74. The van der Waals surface area contributed by atoms with Crippen LogP contribution in [0.2, 0.25) is 0 Å². The Morgan fingerprint density at radius 2 is 1.50 bits per heavy atom. The molecule has 0 amide bonds. The van der Waals surface area contributed by atoms with Gasteiger partial charge >= 0.3 is 0 Å². The molecule has 1 nitrogen and oxygen atoms in total. The summed E-state index contributed by atoms with van der Waals surface area (Å²) in [6.45, 7) is 8.90. The van der Waals surface area contributed by atoms with E-state index in [1.165, 1.54) is 19.3 Å². The molecule has 1 unspecified atom stereocenters. The third kappa shape index (κ3) is 1.81. The highest BCUT2D eigenvalue weighted by Crippen LogP contribution is 2.56. The van der Waals surface area contributed by atoms with E-state index in [0.29, 0.717) is 16.2 Å². The van der Waals surface area contributed by atoms with Gasteiger partial charge in [-0.1, -0.05) is 20.8 Å². The Morgan fingerprint density at radius 1 is 1.00 bits per heavy atom. The minimum absolute atomic E-state index is 0.326. The molecule has 1 aliphatic carbocycles. The van der Waals surface area contributed by atoms with Gasteiger partial charge in [0.15, 0.2) is 0 Å². The Bertz CT molecular complexity index is 218. The van der Waals surface area contributed by atoms with E-state index in [0.717, 1.165) is 19.1 Å². The molecule has 2 heteroatoms. The number of halogens is 1. The second-order valence-corrected chi connectivity index (χ2v) is 6.86. The molecule has 0 radical (unpaired) electrons. The maximum absolute atomic E-state index is 6.12. The average molecular weight is 217 g/mol. The first kappa shape index (κ1) is 10.8. The lowest BCUT2D eigenvalue weighted by Gasteiger charge is -2.55. The van der Waals surface area contributed by atoms with Crippen molar-refractivity contribution in [2.24, 2.45) is 16.2 Å². The zero-order valence-corrected chi connectivity index (χ0v) is 10.3. The highest BCUT2D eigenvalue weighted by molar-refractivity contribution is 6.18. The molecule has 2 fully saturated rings. The number of alkyl halides is 1. The van der Waals surface area contributed by atoms with E-state index < -0.39 is 0 Å². The fourth-order valence-electron chi connectivity index (χ4n) is 4.12. The quantitative estimate of drug-likeness (QED) is 0.610. The molecule has 2 bridgehead atoms. The average Bonchev–Trinajstić information content (AvgIpc) is 1.99. The van der Waals surface area contributed by atoms with Crippen LogP contribution in [0.15, 0.2) is 0 Å². The van der Waals surface area contributed by atoms with Crippen LogP contribution in [0.3, 0.4) is 0 Å². The van der Waals surface area contributed by atoms with Gasteiger partial charge < -0.3 is 4.74 Å². The zero-order valence-electron chi connectivity index (χ0n) is 9.53. The lowest BCUT2D eigenvalue weighted by atomic mass is 9.54. The monoisotopic (exact) mass is 216 g/mol. The maximum atomic E-state index is 6.12. The third-order valence-electron chi connectivity index (χ3n) is 3.78. The van der Waals surface area contributed by atoms with E-state index in [2.05, 4.69) is 20.8 Å². The number of hydrogen-bond acceptors (Lipinski definition) is 1. The van der Waals surface area contributed by atoms with E-state index in [9.17, 15) is 0 Å². The van der Waals surface area contributed by atoms with Crippen molar-refractivity contribution in [3.05, 3.63) is 0 Å². The summed E-state index contributed by atoms with van der Waals surface area (Å²) in [5, 5.41) is 0. The fourth-order valence-corrected chi connectivity index (χ4v) is 4.31. The van der Waals surface area contributed by atoms with Crippen molar-refractivity contribution in [3.8, 4) is 0 Å². The molecule has 2 rings (SSSR count). The molecule has 1 heterocycles. The molecule has 0 aromatic heterocycles. The highest BCUT2D eigenvalue weighted by atomic mass is 35.5. The van der Waals surface area contributed by atoms with Gasteiger partial charge in [0.05, 0.1) is 13.2 Å². The van der Waals surface area contributed by atoms with Crippen molar-refractivity contribution in [1.29, 1.82) is 0 Å². The third-order valence-corrected chi connectivity index (χ3v) is 4.43. The first-order valence-electron chi connectivity index (χ1n) is 5.53. The predicted octanol–water partition coefficient (Wildman–Crippen LogP) is 3.46. The lowest BCUT2D eigenvalue weighted by molar-refractivity contribution is -0.139. The second kappa shape index (κ2) is 3.12. The second-order valence-electron chi connectivity index (χ2n) is 6.59. The first-order valence-corrected chi connectivity index (χ1v) is 6.06. The molecule has 0 aromatic rings. The number of hydrogen-bond donors (Lipinski definition) is 0. The van der Waals surface area contributed by atoms with Crippen molar-refractivity contribution in [2.45, 2.75) is 40.0 Å². The van der Waals surface area contributed by atoms with Gasteiger partial charge in [0.25, 0.3) is 0 Å². The normalized spacial score (nSPS) is 53.1. The standard InChI is InChI=1S/C12H21ClO/c1-10(7-13)4-11(2)6-12(3,5-10)9-14-8-11/h4-9H2,1-3H3/t10?,11-,12+. The Hall–Kier alpha value is 0.250. The van der Waals surface area contributed by atoms with E-state index in [1.54, 1.807) is 0 Å². The van der Waals surface area contributed by atoms with Gasteiger partial charge in [0.2, 0.25) is 0 Å². The molecule has 0 aromatic carbocycles. The van der Waals surface area contributed by atoms with Gasteiger partial charge in [-0.3, -0.25) is 0 Å². The molecule has 14 heavy (non-hydrogen) atoms. The van der Waals surface area contributed by atoms with Crippen LogP contribution in [0.4, 0.5) is 0 Å². The largest absolute Gasteiger partial charge is 0.380 e. The number of rotatable bonds is 1. The summed E-state index contributed by atoms with van der Waals surface area (Å²) in [5.74, 6) is 0.790. The Kier molecular flexibility index (Phi) is 2.40. The molecule has 1 saturated carbocycles. The smallest absolute Gasteiger partial charge is 0.0520 e. The Labute approximate surface area is 92.2 Å². The molecule has 2 aliphatic rings. The molecule has 0 N–H and O–H groups in total. The highest BCUT2D eigenvalue weighted by Gasteiger charge is 2.51. The first-order chi connectivity index (χ1) is 6.39. The van der Waals surface area contributed by atoms with Crippen LogP contribution in [0.5, 0.6) is 0 Å². The summed E-state index contributed by atoms with van der Waals surface area (Å²) in [4.78, 5) is 0. The molecule has 3 atom stereocenters. The summed E-state index contributed by atoms with van der Waals surface area (Å²) in [5.41, 5.74) is 1.07. The molecule has 0 spiro atoms. The van der Waals surface area contributed by atoms with Crippen LogP contribution in [0.1, 0.15) is 40.0 Å². The van der Waals surface area contributed by atoms with Gasteiger partial charge in [-0.25, -0.2) is 0 Å². The number of ether oxygens (including phenoxy) is 1.